The van der Waals surface area contributed by atoms with Crippen LogP contribution in [0, 0.1) is 6.92 Å². The van der Waals surface area contributed by atoms with Crippen molar-refractivity contribution in [3.8, 4) is 11.4 Å². The number of aromatic amines is 1. The lowest BCUT2D eigenvalue weighted by Crippen LogP contribution is -2.50. The van der Waals surface area contributed by atoms with E-state index >= 15 is 0 Å². The van der Waals surface area contributed by atoms with Crippen LogP contribution in [0.25, 0.3) is 22.4 Å². The van der Waals surface area contributed by atoms with Crippen LogP contribution in [0.1, 0.15) is 17.8 Å². The molecule has 29 heavy (non-hydrogen) atoms. The van der Waals surface area contributed by atoms with Crippen LogP contribution in [0.15, 0.2) is 23.7 Å². The van der Waals surface area contributed by atoms with Gasteiger partial charge >= 0.3 is 6.09 Å². The molecular weight excluding hydrogens is 393 g/mol. The Bertz CT molecular complexity index is 1040. The van der Waals surface area contributed by atoms with Gasteiger partial charge in [0.25, 0.3) is 0 Å². The Balaban J connectivity index is 1.29. The second-order valence-corrected chi connectivity index (χ2v) is 8.64. The number of carbonyl (C=O) groups excluding carboxylic acids is 1. The number of aromatic nitrogens is 3. The molecule has 0 aromatic carbocycles. The fraction of sp³-hybridized carbons (Fsp3) is 0.450. The third-order valence-electron chi connectivity index (χ3n) is 5.59. The summed E-state index contributed by atoms with van der Waals surface area (Å²) >= 11 is 1.62. The molecule has 1 amide bonds. The average molecular weight is 415 g/mol. The Kier molecular flexibility index (Phi) is 4.61. The Hall–Kier alpha value is -2.68. The fourth-order valence-corrected chi connectivity index (χ4v) is 4.47. The topological polar surface area (TPSA) is 74.3 Å². The van der Waals surface area contributed by atoms with E-state index in [0.29, 0.717) is 39.0 Å². The zero-order chi connectivity index (χ0) is 20.0. The number of halogens is 1. The molecule has 7 nitrogen and oxygen atoms in total. The number of fused-ring (bicyclic) bond motifs is 1. The number of nitrogens with one attached hydrogen (secondary N) is 1. The van der Waals surface area contributed by atoms with E-state index in [-0.39, 0.29) is 12.2 Å². The number of rotatable bonds is 3. The summed E-state index contributed by atoms with van der Waals surface area (Å²) in [5.41, 5.74) is 3.81. The van der Waals surface area contributed by atoms with Crippen LogP contribution in [-0.2, 0) is 4.74 Å². The molecule has 2 fully saturated rings. The first kappa shape index (κ1) is 18.4. The van der Waals surface area contributed by atoms with Crippen molar-refractivity contribution in [2.45, 2.75) is 32.0 Å². The van der Waals surface area contributed by atoms with Gasteiger partial charge in [0.2, 0.25) is 0 Å². The van der Waals surface area contributed by atoms with Gasteiger partial charge in [-0.25, -0.2) is 19.2 Å². The molecule has 0 bridgehead atoms. The first-order valence-corrected chi connectivity index (χ1v) is 10.7. The standard InChI is InChI=1S/C20H22FN5O2S/c1-12-23-17(11-29-12)16-10-15-18(2-3-22-19(15)24-16)25-4-6-26(7-5-25)20(27)28-14-8-13(21)9-14/h2-3,10-11,13-14H,4-9H2,1H3,(H,22,24). The minimum atomic E-state index is -0.821. The minimum Gasteiger partial charge on any atom is -0.446 e. The Labute approximate surface area is 171 Å². The number of piperazine rings is 1. The van der Waals surface area contributed by atoms with Crippen LogP contribution in [0.4, 0.5) is 14.9 Å². The van der Waals surface area contributed by atoms with Crippen molar-refractivity contribution in [2.75, 3.05) is 31.1 Å². The van der Waals surface area contributed by atoms with Crippen molar-refractivity contribution in [2.24, 2.45) is 0 Å². The third-order valence-corrected chi connectivity index (χ3v) is 6.36. The Morgan fingerprint density at radius 3 is 2.79 bits per heavy atom. The van der Waals surface area contributed by atoms with Gasteiger partial charge in [-0.3, -0.25) is 0 Å². The molecule has 3 aromatic rings. The van der Waals surface area contributed by atoms with Crippen LogP contribution in [-0.4, -0.2) is 64.4 Å². The molecule has 0 radical (unpaired) electrons. The van der Waals surface area contributed by atoms with E-state index in [4.69, 9.17) is 4.74 Å². The molecule has 1 aliphatic carbocycles. The quantitative estimate of drug-likeness (QED) is 0.705. The summed E-state index contributed by atoms with van der Waals surface area (Å²) in [5, 5.41) is 4.11. The van der Waals surface area contributed by atoms with Gasteiger partial charge in [-0.2, -0.15) is 0 Å². The summed E-state index contributed by atoms with van der Waals surface area (Å²) in [7, 11) is 0. The molecule has 0 spiro atoms. The van der Waals surface area contributed by atoms with Crippen molar-refractivity contribution < 1.29 is 13.9 Å². The van der Waals surface area contributed by atoms with E-state index in [1.165, 1.54) is 0 Å². The molecule has 1 aliphatic heterocycles. The van der Waals surface area contributed by atoms with Gasteiger partial charge in [0, 0.05) is 61.7 Å². The van der Waals surface area contributed by atoms with Crippen LogP contribution in [0.5, 0.6) is 0 Å². The number of aryl methyl sites for hydroxylation is 1. The van der Waals surface area contributed by atoms with Crippen molar-refractivity contribution in [3.63, 3.8) is 0 Å². The predicted octanol–water partition coefficient (Wildman–Crippen LogP) is 3.75. The summed E-state index contributed by atoms with van der Waals surface area (Å²) in [6, 6.07) is 4.10. The number of alkyl halides is 1. The monoisotopic (exact) mass is 415 g/mol. The molecule has 0 atom stereocenters. The minimum absolute atomic E-state index is 0.261. The summed E-state index contributed by atoms with van der Waals surface area (Å²) in [4.78, 5) is 28.6. The van der Waals surface area contributed by atoms with Crippen molar-refractivity contribution >= 4 is 34.2 Å². The molecule has 9 heteroatoms. The third kappa shape index (κ3) is 3.55. The zero-order valence-electron chi connectivity index (χ0n) is 16.1. The van der Waals surface area contributed by atoms with Crippen molar-refractivity contribution in [1.82, 2.24) is 19.9 Å². The lowest BCUT2D eigenvalue weighted by Gasteiger charge is -2.37. The molecule has 1 saturated heterocycles. The maximum atomic E-state index is 12.9. The molecule has 2 aliphatic rings. The number of hydrogen-bond acceptors (Lipinski definition) is 6. The molecule has 1 N–H and O–H groups in total. The number of anilines is 1. The van der Waals surface area contributed by atoms with E-state index in [0.717, 1.165) is 33.1 Å². The maximum Gasteiger partial charge on any atom is 0.410 e. The Morgan fingerprint density at radius 2 is 2.10 bits per heavy atom. The molecule has 5 rings (SSSR count). The van der Waals surface area contributed by atoms with Gasteiger partial charge in [0.1, 0.15) is 17.9 Å². The SMILES string of the molecule is Cc1nc(-c2cc3c(N4CCN(C(=O)OC5CC(F)C5)CC4)ccnc3[nH]2)cs1. The number of nitrogens with zero attached hydrogens (tertiary/aromatic N) is 4. The molecule has 152 valence electrons. The first-order chi connectivity index (χ1) is 14.1. The summed E-state index contributed by atoms with van der Waals surface area (Å²) in [6.07, 6.45) is 1.05. The number of ether oxygens (including phenoxy) is 1. The van der Waals surface area contributed by atoms with Crippen LogP contribution < -0.4 is 4.90 Å². The smallest absolute Gasteiger partial charge is 0.410 e. The second-order valence-electron chi connectivity index (χ2n) is 7.58. The number of amides is 1. The van der Waals surface area contributed by atoms with E-state index < -0.39 is 6.17 Å². The summed E-state index contributed by atoms with van der Waals surface area (Å²) < 4.78 is 18.3. The van der Waals surface area contributed by atoms with Crippen molar-refractivity contribution in [1.29, 1.82) is 0 Å². The number of thiazole rings is 1. The van der Waals surface area contributed by atoms with E-state index in [1.54, 1.807) is 22.4 Å². The normalized spacial score (nSPS) is 22.0. The second kappa shape index (κ2) is 7.29. The van der Waals surface area contributed by atoms with Gasteiger partial charge in [0.15, 0.2) is 0 Å². The highest BCUT2D eigenvalue weighted by atomic mass is 32.1. The number of carbonyl (C=O) groups is 1. The van der Waals surface area contributed by atoms with Crippen molar-refractivity contribution in [3.05, 3.63) is 28.7 Å². The van der Waals surface area contributed by atoms with Gasteiger partial charge < -0.3 is 19.5 Å². The van der Waals surface area contributed by atoms with E-state index in [9.17, 15) is 9.18 Å². The number of hydrogen-bond donors (Lipinski definition) is 1. The molecular formula is C20H22FN5O2S. The highest BCUT2D eigenvalue weighted by molar-refractivity contribution is 7.09. The molecule has 1 saturated carbocycles. The maximum absolute atomic E-state index is 12.9. The number of pyridine rings is 1. The molecule has 4 heterocycles. The predicted molar refractivity (Wildman–Crippen MR) is 110 cm³/mol. The zero-order valence-corrected chi connectivity index (χ0v) is 16.9. The first-order valence-electron chi connectivity index (χ1n) is 9.81. The number of H-pyrrole nitrogens is 1. The van der Waals surface area contributed by atoms with Crippen LogP contribution in [0.2, 0.25) is 0 Å². The van der Waals surface area contributed by atoms with E-state index in [1.807, 2.05) is 18.4 Å². The Morgan fingerprint density at radius 1 is 1.31 bits per heavy atom. The fourth-order valence-electron chi connectivity index (χ4n) is 3.86. The average Bonchev–Trinajstić information content (AvgIpc) is 3.32. The summed E-state index contributed by atoms with van der Waals surface area (Å²) in [6.45, 7) is 4.57. The van der Waals surface area contributed by atoms with Crippen LogP contribution >= 0.6 is 11.3 Å². The highest BCUT2D eigenvalue weighted by Crippen LogP contribution is 2.31. The highest BCUT2D eigenvalue weighted by Gasteiger charge is 2.34. The van der Waals surface area contributed by atoms with Gasteiger partial charge in [-0.1, -0.05) is 0 Å². The van der Waals surface area contributed by atoms with E-state index in [2.05, 4.69) is 25.9 Å². The van der Waals surface area contributed by atoms with Gasteiger partial charge in [-0.05, 0) is 19.1 Å². The lowest BCUT2D eigenvalue weighted by molar-refractivity contribution is -0.0132. The largest absolute Gasteiger partial charge is 0.446 e. The molecule has 0 unspecified atom stereocenters. The lowest BCUT2D eigenvalue weighted by atomic mass is 9.94. The van der Waals surface area contributed by atoms with Gasteiger partial charge in [0.05, 0.1) is 16.4 Å². The summed E-state index contributed by atoms with van der Waals surface area (Å²) in [5.74, 6) is 0. The van der Waals surface area contributed by atoms with Gasteiger partial charge in [-0.15, -0.1) is 11.3 Å². The molecule has 3 aromatic heterocycles. The van der Waals surface area contributed by atoms with Crippen LogP contribution in [0.3, 0.4) is 0 Å².